The summed E-state index contributed by atoms with van der Waals surface area (Å²) in [6.07, 6.45) is 7.92. The summed E-state index contributed by atoms with van der Waals surface area (Å²) in [7, 11) is 3.57. The van der Waals surface area contributed by atoms with Crippen LogP contribution in [0.4, 0.5) is 5.13 Å². The topological polar surface area (TPSA) is 140 Å². The number of amides is 2. The third-order valence-electron chi connectivity index (χ3n) is 11.4. The van der Waals surface area contributed by atoms with Crippen molar-refractivity contribution in [2.24, 2.45) is 12.2 Å². The first-order valence-corrected chi connectivity index (χ1v) is 24.0. The molecule has 334 valence electrons. The molecule has 9 rings (SSSR count). The number of methoxy groups -OCH3 is 1. The van der Waals surface area contributed by atoms with Crippen molar-refractivity contribution in [3.8, 4) is 5.75 Å². The Balaban J connectivity index is 0.982. The van der Waals surface area contributed by atoms with Gasteiger partial charge in [-0.2, -0.15) is 4.40 Å². The molecule has 2 aliphatic heterocycles. The quantitative estimate of drug-likeness (QED) is 0.0248. The summed E-state index contributed by atoms with van der Waals surface area (Å²) in [5.74, 6) is -0.674. The lowest BCUT2D eigenvalue weighted by atomic mass is 9.77. The number of aromatic nitrogens is 3. The van der Waals surface area contributed by atoms with Crippen molar-refractivity contribution in [1.29, 1.82) is 0 Å². The highest BCUT2D eigenvalue weighted by Crippen LogP contribution is 2.43. The molecule has 0 spiro atoms. The van der Waals surface area contributed by atoms with Gasteiger partial charge in [-0.1, -0.05) is 126 Å². The van der Waals surface area contributed by atoms with Crippen LogP contribution in [0.3, 0.4) is 0 Å². The molecule has 13 nitrogen and oxygen atoms in total. The number of esters is 1. The van der Waals surface area contributed by atoms with Crippen LogP contribution in [0.5, 0.6) is 5.75 Å². The standard InChI is InChI=1S/C50H45N7O6S3/c1-5-63-54-42(39-30-65-49(51-39)53-50(35-15-9-6-10-16-35,36-17-11-7-12-18-36)37-19-13-8-14-20-37)45(58)52-43-46(59)57-44(48(60)62-28-33-21-24-38(61-4)25-22-33)34(29-64-47(43)57)23-26-40-32(2)56-31-55(3)27-41(56)66-40/h6-27,30-31,43,47H,5,28-29H2,1-4H3,(H-,51,52,53,58)/p+1/b26-23?,54-42-/t43-,47-/m1/s1. The molecule has 16 heteroatoms. The number of ether oxygens (including phenoxy) is 2. The third-order valence-corrected chi connectivity index (χ3v) is 14.6. The van der Waals surface area contributed by atoms with Gasteiger partial charge in [0.2, 0.25) is 11.2 Å². The Bertz CT molecular complexity index is 2890. The van der Waals surface area contributed by atoms with Gasteiger partial charge in [-0.25, -0.2) is 14.3 Å². The second kappa shape index (κ2) is 19.2. The fourth-order valence-corrected chi connectivity index (χ4v) is 11.3. The lowest BCUT2D eigenvalue weighted by molar-refractivity contribution is -0.670. The van der Waals surface area contributed by atoms with Crippen LogP contribution in [0.15, 0.2) is 156 Å². The monoisotopic (exact) mass is 936 g/mol. The summed E-state index contributed by atoms with van der Waals surface area (Å²) in [5.41, 5.74) is 4.87. The number of carbonyl (C=O) groups excluding carboxylic acids is 3. The maximum Gasteiger partial charge on any atom is 0.355 e. The van der Waals surface area contributed by atoms with E-state index in [1.165, 1.54) is 28.0 Å². The lowest BCUT2D eigenvalue weighted by Gasteiger charge is -2.49. The summed E-state index contributed by atoms with van der Waals surface area (Å²) in [5, 5.41) is 12.6. The van der Waals surface area contributed by atoms with Gasteiger partial charge in [0, 0.05) is 11.1 Å². The van der Waals surface area contributed by atoms with Gasteiger partial charge in [0.25, 0.3) is 11.8 Å². The molecule has 2 aliphatic rings. The molecule has 0 radical (unpaired) electrons. The number of aryl methyl sites for hydroxylation is 2. The fraction of sp³-hybridized carbons (Fsp3) is 0.200. The van der Waals surface area contributed by atoms with Crippen molar-refractivity contribution >= 4 is 74.0 Å². The van der Waals surface area contributed by atoms with E-state index in [0.29, 0.717) is 22.2 Å². The van der Waals surface area contributed by atoms with Crippen LogP contribution >= 0.6 is 34.4 Å². The Morgan fingerprint density at radius 3 is 2.20 bits per heavy atom. The van der Waals surface area contributed by atoms with E-state index in [4.69, 9.17) is 19.3 Å². The molecule has 66 heavy (non-hydrogen) atoms. The Hall–Kier alpha value is -7.01. The second-order valence-corrected chi connectivity index (χ2v) is 18.6. The van der Waals surface area contributed by atoms with Crippen LogP contribution in [-0.2, 0) is 43.2 Å². The number of benzene rings is 4. The second-order valence-electron chi connectivity index (χ2n) is 15.5. The minimum absolute atomic E-state index is 0.0131. The van der Waals surface area contributed by atoms with Crippen molar-refractivity contribution in [2.45, 2.75) is 37.4 Å². The molecule has 2 N–H and O–H groups in total. The summed E-state index contributed by atoms with van der Waals surface area (Å²) >= 11 is 4.40. The predicted molar refractivity (Wildman–Crippen MR) is 258 cm³/mol. The van der Waals surface area contributed by atoms with Gasteiger partial charge in [-0.05, 0) is 59.9 Å². The van der Waals surface area contributed by atoms with Gasteiger partial charge in [-0.3, -0.25) is 14.5 Å². The van der Waals surface area contributed by atoms with Crippen molar-refractivity contribution < 1.29 is 33.3 Å². The zero-order valence-corrected chi connectivity index (χ0v) is 39.0. The fourth-order valence-electron chi connectivity index (χ4n) is 8.10. The lowest BCUT2D eigenvalue weighted by Crippen LogP contribution is -2.71. The van der Waals surface area contributed by atoms with E-state index in [-0.39, 0.29) is 30.3 Å². The van der Waals surface area contributed by atoms with Gasteiger partial charge >= 0.3 is 5.97 Å². The number of imidazole rings is 1. The first-order valence-electron chi connectivity index (χ1n) is 21.2. The maximum atomic E-state index is 14.3. The summed E-state index contributed by atoms with van der Waals surface area (Å²) < 4.78 is 15.3. The average Bonchev–Trinajstić information content (AvgIpc) is 4.06. The highest BCUT2D eigenvalue weighted by Gasteiger charge is 2.54. The molecule has 1 fully saturated rings. The van der Waals surface area contributed by atoms with Gasteiger partial charge in [0.1, 0.15) is 59.2 Å². The van der Waals surface area contributed by atoms with Gasteiger partial charge in [-0.15, -0.1) is 23.1 Å². The molecular weight excluding hydrogens is 891 g/mol. The number of anilines is 1. The molecule has 2 amide bonds. The molecule has 1 saturated heterocycles. The largest absolute Gasteiger partial charge is 0.497 e. The normalized spacial score (nSPS) is 16.3. The molecule has 3 aromatic heterocycles. The molecule has 0 aliphatic carbocycles. The number of hydrogen-bond donors (Lipinski definition) is 2. The maximum absolute atomic E-state index is 14.3. The van der Waals surface area contributed by atoms with Crippen molar-refractivity contribution in [2.75, 3.05) is 24.8 Å². The summed E-state index contributed by atoms with van der Waals surface area (Å²) in [6, 6.07) is 36.7. The highest BCUT2D eigenvalue weighted by atomic mass is 32.2. The van der Waals surface area contributed by atoms with E-state index >= 15 is 0 Å². The van der Waals surface area contributed by atoms with Gasteiger partial charge in [0.05, 0.1) is 19.0 Å². The molecule has 4 aromatic carbocycles. The number of thioether (sulfide) groups is 1. The number of hydrogen-bond acceptors (Lipinski definition) is 12. The SMILES string of the molecule is CCO/N=C(\C(=O)N[C@@H]1C(=O)N2C(C(=O)OCc3ccc(OC)cc3)=C(C=Cc3sc4c[n+](C)cn4c3C)CS[C@H]12)c1csc(NC(c2ccccc2)(c2ccccc2)c2ccccc2)n1. The summed E-state index contributed by atoms with van der Waals surface area (Å²) in [4.78, 5) is 56.5. The number of allylic oxidation sites excluding steroid dienone is 1. The molecule has 0 saturated carbocycles. The zero-order chi connectivity index (χ0) is 45.8. The van der Waals surface area contributed by atoms with Gasteiger partial charge in [0.15, 0.2) is 10.8 Å². The van der Waals surface area contributed by atoms with Crippen molar-refractivity contribution in [3.63, 3.8) is 0 Å². The molecule has 0 bridgehead atoms. The van der Waals surface area contributed by atoms with Crippen LogP contribution in [0.2, 0.25) is 0 Å². The van der Waals surface area contributed by atoms with E-state index in [1.807, 2.05) is 110 Å². The third kappa shape index (κ3) is 8.62. The Morgan fingerprint density at radius 2 is 1.59 bits per heavy atom. The number of nitrogens with zero attached hydrogens (tertiary/aromatic N) is 5. The number of oxime groups is 1. The minimum atomic E-state index is -0.968. The molecule has 0 unspecified atom stereocenters. The van der Waals surface area contributed by atoms with Crippen LogP contribution in [0, 0.1) is 6.92 Å². The van der Waals surface area contributed by atoms with Crippen LogP contribution in [0.25, 0.3) is 10.9 Å². The molecule has 7 aromatic rings. The number of nitrogens with one attached hydrogen (secondary N) is 2. The summed E-state index contributed by atoms with van der Waals surface area (Å²) in [6.45, 7) is 3.99. The van der Waals surface area contributed by atoms with E-state index in [0.717, 1.165) is 37.7 Å². The van der Waals surface area contributed by atoms with E-state index in [9.17, 15) is 14.4 Å². The van der Waals surface area contributed by atoms with Crippen LogP contribution in [0.1, 0.15) is 45.4 Å². The Labute approximate surface area is 394 Å². The average molecular weight is 937 g/mol. The molecule has 2 atom stereocenters. The first kappa shape index (κ1) is 44.2. The van der Waals surface area contributed by atoms with Crippen LogP contribution in [-0.4, -0.2) is 68.7 Å². The van der Waals surface area contributed by atoms with E-state index in [2.05, 4.69) is 56.6 Å². The number of rotatable bonds is 16. The van der Waals surface area contributed by atoms with Crippen molar-refractivity contribution in [3.05, 3.63) is 189 Å². The Morgan fingerprint density at radius 1 is 0.939 bits per heavy atom. The first-order chi connectivity index (χ1) is 32.2. The zero-order valence-electron chi connectivity index (χ0n) is 36.5. The van der Waals surface area contributed by atoms with Gasteiger partial charge < -0.3 is 24.9 Å². The molecule has 5 heterocycles. The predicted octanol–water partition coefficient (Wildman–Crippen LogP) is 7.85. The molecular formula is C50H46N7O6S3+. The number of carbonyl (C=O) groups is 3. The number of β-lactam (4-membered cyclic amide) rings is 1. The van der Waals surface area contributed by atoms with Crippen molar-refractivity contribution in [1.82, 2.24) is 19.6 Å². The smallest absolute Gasteiger partial charge is 0.355 e. The van der Waals surface area contributed by atoms with E-state index in [1.54, 1.807) is 42.9 Å². The number of fused-ring (bicyclic) bond motifs is 2. The number of thiazole rings is 2. The van der Waals surface area contributed by atoms with E-state index < -0.39 is 34.7 Å². The van der Waals surface area contributed by atoms with Crippen LogP contribution < -0.4 is 19.9 Å². The minimum Gasteiger partial charge on any atom is -0.497 e. The Kier molecular flexibility index (Phi) is 12.9. The highest BCUT2D eigenvalue weighted by molar-refractivity contribution is 8.00.